The molecule has 2 aromatic carbocycles. The maximum atomic E-state index is 7.00. The van der Waals surface area contributed by atoms with E-state index in [4.69, 9.17) is 10.0 Å². The highest BCUT2D eigenvalue weighted by Gasteiger charge is 2.00. The van der Waals surface area contributed by atoms with E-state index in [-0.39, 0.29) is 7.69 Å². The van der Waals surface area contributed by atoms with Gasteiger partial charge in [-0.1, -0.05) is 60.7 Å². The molecular weight excluding hydrogens is 249 g/mol. The Balaban J connectivity index is 0.000000612. The molecule has 0 heterocycles. The Morgan fingerprint density at radius 1 is 0.850 bits per heavy atom. The molecule has 0 atom stereocenters. The van der Waals surface area contributed by atoms with Gasteiger partial charge in [0.2, 0.25) is 0 Å². The Kier molecular flexibility index (Phi) is 8.39. The van der Waals surface area contributed by atoms with Crippen molar-refractivity contribution in [2.45, 2.75) is 13.0 Å². The minimum atomic E-state index is 0. The fraction of sp³-hybridized carbons (Fsp3) is 0.250. The van der Waals surface area contributed by atoms with Gasteiger partial charge in [0, 0.05) is 13.1 Å². The average molecular weight is 270 g/mol. The SMILES string of the molecule is CN(CCc1ccccc1)Cc1ccccc1.O[B]O. The summed E-state index contributed by atoms with van der Waals surface area (Å²) in [7, 11) is 2.18. The second-order valence-corrected chi connectivity index (χ2v) is 4.57. The Hall–Kier alpha value is -1.62. The third-order valence-corrected chi connectivity index (χ3v) is 2.92. The van der Waals surface area contributed by atoms with Crippen molar-refractivity contribution < 1.29 is 10.0 Å². The molecule has 0 aliphatic carbocycles. The largest absolute Gasteiger partial charge is 0.482 e. The Morgan fingerprint density at radius 2 is 1.30 bits per heavy atom. The van der Waals surface area contributed by atoms with Crippen molar-refractivity contribution >= 4 is 7.69 Å². The molecule has 0 bridgehead atoms. The molecule has 0 saturated carbocycles. The van der Waals surface area contributed by atoms with Crippen molar-refractivity contribution in [3.05, 3.63) is 71.8 Å². The maximum Gasteiger partial charge on any atom is 0.482 e. The van der Waals surface area contributed by atoms with Gasteiger partial charge in [0.25, 0.3) is 0 Å². The zero-order chi connectivity index (χ0) is 14.6. The molecule has 105 valence electrons. The van der Waals surface area contributed by atoms with E-state index in [1.165, 1.54) is 11.1 Å². The van der Waals surface area contributed by atoms with Crippen LogP contribution in [-0.2, 0) is 13.0 Å². The van der Waals surface area contributed by atoms with E-state index in [1.54, 1.807) is 0 Å². The molecule has 0 aromatic heterocycles. The van der Waals surface area contributed by atoms with E-state index in [1.807, 2.05) is 0 Å². The minimum Gasteiger partial charge on any atom is -0.429 e. The van der Waals surface area contributed by atoms with Gasteiger partial charge in [-0.25, -0.2) is 0 Å². The van der Waals surface area contributed by atoms with Crippen molar-refractivity contribution in [2.24, 2.45) is 0 Å². The first kappa shape index (κ1) is 16.4. The monoisotopic (exact) mass is 270 g/mol. The van der Waals surface area contributed by atoms with Crippen LogP contribution in [0.25, 0.3) is 0 Å². The van der Waals surface area contributed by atoms with E-state index < -0.39 is 0 Å². The van der Waals surface area contributed by atoms with Gasteiger partial charge >= 0.3 is 7.69 Å². The summed E-state index contributed by atoms with van der Waals surface area (Å²) in [6.45, 7) is 2.12. The fourth-order valence-corrected chi connectivity index (χ4v) is 1.94. The molecule has 2 N–H and O–H groups in total. The third-order valence-electron chi connectivity index (χ3n) is 2.92. The van der Waals surface area contributed by atoms with Gasteiger partial charge in [0.05, 0.1) is 0 Å². The van der Waals surface area contributed by atoms with Gasteiger partial charge in [0.1, 0.15) is 0 Å². The van der Waals surface area contributed by atoms with Gasteiger partial charge in [-0.05, 0) is 24.6 Å². The highest BCUT2D eigenvalue weighted by atomic mass is 16.4. The summed E-state index contributed by atoms with van der Waals surface area (Å²) in [4.78, 5) is 2.36. The van der Waals surface area contributed by atoms with Gasteiger partial charge in [-0.15, -0.1) is 0 Å². The first-order valence-electron chi connectivity index (χ1n) is 6.62. The molecule has 0 unspecified atom stereocenters. The zero-order valence-electron chi connectivity index (χ0n) is 11.8. The van der Waals surface area contributed by atoms with Crippen molar-refractivity contribution in [1.29, 1.82) is 0 Å². The summed E-state index contributed by atoms with van der Waals surface area (Å²) in [5, 5.41) is 14.0. The molecule has 0 spiro atoms. The Bertz CT molecular complexity index is 451. The molecule has 0 amide bonds. The number of hydrogen-bond acceptors (Lipinski definition) is 3. The van der Waals surface area contributed by atoms with Crippen molar-refractivity contribution in [3.63, 3.8) is 0 Å². The first-order valence-corrected chi connectivity index (χ1v) is 6.62. The predicted molar refractivity (Wildman–Crippen MR) is 83.1 cm³/mol. The van der Waals surface area contributed by atoms with Crippen LogP contribution < -0.4 is 0 Å². The zero-order valence-corrected chi connectivity index (χ0v) is 11.8. The molecule has 0 fully saturated rings. The van der Waals surface area contributed by atoms with Crippen molar-refractivity contribution in [2.75, 3.05) is 13.6 Å². The second kappa shape index (κ2) is 10.2. The molecule has 0 aliphatic rings. The molecule has 2 aromatic rings. The number of rotatable bonds is 5. The number of hydrogen-bond donors (Lipinski definition) is 2. The van der Waals surface area contributed by atoms with Crippen LogP contribution in [0.2, 0.25) is 0 Å². The lowest BCUT2D eigenvalue weighted by molar-refractivity contribution is 0.331. The van der Waals surface area contributed by atoms with E-state index in [9.17, 15) is 0 Å². The average Bonchev–Trinajstić information content (AvgIpc) is 2.48. The number of likely N-dealkylation sites (N-methyl/N-ethyl adjacent to an activating group) is 1. The molecule has 0 aliphatic heterocycles. The lowest BCUT2D eigenvalue weighted by atomic mass is 10.1. The van der Waals surface area contributed by atoms with Crippen LogP contribution in [0.5, 0.6) is 0 Å². The van der Waals surface area contributed by atoms with Gasteiger partial charge in [-0.3, -0.25) is 0 Å². The van der Waals surface area contributed by atoms with Crippen LogP contribution in [0.1, 0.15) is 11.1 Å². The van der Waals surface area contributed by atoms with Crippen molar-refractivity contribution in [3.8, 4) is 0 Å². The van der Waals surface area contributed by atoms with Gasteiger partial charge in [-0.2, -0.15) is 0 Å². The van der Waals surface area contributed by atoms with E-state index in [0.29, 0.717) is 0 Å². The predicted octanol–water partition coefficient (Wildman–Crippen LogP) is 1.87. The lowest BCUT2D eigenvalue weighted by Gasteiger charge is -2.16. The molecule has 2 rings (SSSR count). The summed E-state index contributed by atoms with van der Waals surface area (Å²) in [6.07, 6.45) is 1.12. The van der Waals surface area contributed by atoms with E-state index in [2.05, 4.69) is 72.6 Å². The summed E-state index contributed by atoms with van der Waals surface area (Å²) < 4.78 is 0. The van der Waals surface area contributed by atoms with E-state index >= 15 is 0 Å². The lowest BCUT2D eigenvalue weighted by Crippen LogP contribution is -2.20. The summed E-state index contributed by atoms with van der Waals surface area (Å²) >= 11 is 0. The third kappa shape index (κ3) is 7.09. The number of benzene rings is 2. The molecule has 20 heavy (non-hydrogen) atoms. The quantitative estimate of drug-likeness (QED) is 0.815. The van der Waals surface area contributed by atoms with Crippen LogP contribution in [0, 0.1) is 0 Å². The normalized spacial score (nSPS) is 9.80. The van der Waals surface area contributed by atoms with Crippen LogP contribution in [0.3, 0.4) is 0 Å². The standard InChI is InChI=1S/C16H19N.BH2O2/c1-17(14-16-10-6-3-7-11-16)13-12-15-8-4-2-5-9-15;2-1-3/h2-11H,12-14H2,1H3;2-3H. The second-order valence-electron chi connectivity index (χ2n) is 4.57. The molecule has 1 radical (unpaired) electrons. The summed E-state index contributed by atoms with van der Waals surface area (Å²) in [6, 6.07) is 21.3. The first-order chi connectivity index (χ1) is 9.76. The van der Waals surface area contributed by atoms with Crippen molar-refractivity contribution in [1.82, 2.24) is 4.90 Å². The summed E-state index contributed by atoms with van der Waals surface area (Å²) in [5.41, 5.74) is 2.79. The van der Waals surface area contributed by atoms with Crippen LogP contribution in [0.15, 0.2) is 60.7 Å². The maximum absolute atomic E-state index is 7.00. The van der Waals surface area contributed by atoms with Crippen LogP contribution >= 0.6 is 0 Å². The van der Waals surface area contributed by atoms with E-state index in [0.717, 1.165) is 19.5 Å². The molecule has 3 nitrogen and oxygen atoms in total. The summed E-state index contributed by atoms with van der Waals surface area (Å²) in [5.74, 6) is 0. The van der Waals surface area contributed by atoms with Crippen LogP contribution in [-0.4, -0.2) is 36.2 Å². The fourth-order valence-electron chi connectivity index (χ4n) is 1.94. The molecule has 4 heteroatoms. The van der Waals surface area contributed by atoms with Gasteiger partial charge in [0.15, 0.2) is 0 Å². The Morgan fingerprint density at radius 3 is 1.80 bits per heavy atom. The number of nitrogens with zero attached hydrogens (tertiary/aromatic N) is 1. The van der Waals surface area contributed by atoms with Crippen LogP contribution in [0.4, 0.5) is 0 Å². The molecular formula is C16H21BNO2. The van der Waals surface area contributed by atoms with Gasteiger partial charge < -0.3 is 14.9 Å². The topological polar surface area (TPSA) is 43.7 Å². The smallest absolute Gasteiger partial charge is 0.429 e. The Labute approximate surface area is 121 Å². The highest BCUT2D eigenvalue weighted by Crippen LogP contribution is 2.05. The minimum absolute atomic E-state index is 0. The molecule has 0 saturated heterocycles. The highest BCUT2D eigenvalue weighted by molar-refractivity contribution is 6.13.